The summed E-state index contributed by atoms with van der Waals surface area (Å²) in [5, 5.41) is 11.3. The minimum absolute atomic E-state index is 0.0242. The number of rotatable bonds is 5. The lowest BCUT2D eigenvalue weighted by Gasteiger charge is -2.23. The number of hydrogen-bond donors (Lipinski definition) is 2. The Kier molecular flexibility index (Phi) is 4.63. The third kappa shape index (κ3) is 4.31. The molecule has 0 radical (unpaired) electrons. The van der Waals surface area contributed by atoms with E-state index in [1.165, 1.54) is 11.8 Å². The summed E-state index contributed by atoms with van der Waals surface area (Å²) in [6.07, 6.45) is 0.478. The number of sulfone groups is 1. The second-order valence-electron chi connectivity index (χ2n) is 4.23. The molecule has 0 aromatic carbocycles. The van der Waals surface area contributed by atoms with Gasteiger partial charge in [0, 0.05) is 5.75 Å². The van der Waals surface area contributed by atoms with Gasteiger partial charge in [-0.15, -0.1) is 11.8 Å². The van der Waals surface area contributed by atoms with Crippen LogP contribution >= 0.6 is 11.8 Å². The largest absolute Gasteiger partial charge is 0.396 e. The number of nitrogens with one attached hydrogen (secondary N) is 1. The normalized spacial score (nSPS) is 27.9. The zero-order chi connectivity index (χ0) is 12.2. The topological polar surface area (TPSA) is 83.5 Å². The van der Waals surface area contributed by atoms with E-state index >= 15 is 0 Å². The predicted octanol–water partition coefficient (Wildman–Crippen LogP) is -0.595. The smallest absolute Gasteiger partial charge is 0.230 e. The SMILES string of the molecule is C[C@]1(NC(=O)CSCCO)CCS(=O)(=O)C1. The summed E-state index contributed by atoms with van der Waals surface area (Å²) in [4.78, 5) is 11.5. The van der Waals surface area contributed by atoms with Crippen LogP contribution in [-0.4, -0.2) is 54.6 Å². The Balaban J connectivity index is 2.39. The Morgan fingerprint density at radius 3 is 2.75 bits per heavy atom. The second kappa shape index (κ2) is 5.37. The van der Waals surface area contributed by atoms with Gasteiger partial charge < -0.3 is 10.4 Å². The highest BCUT2D eigenvalue weighted by Gasteiger charge is 2.39. The molecule has 1 aliphatic heterocycles. The molecular formula is C9H17NO4S2. The molecule has 0 aromatic heterocycles. The maximum absolute atomic E-state index is 11.5. The van der Waals surface area contributed by atoms with Crippen LogP contribution in [0.15, 0.2) is 0 Å². The highest BCUT2D eigenvalue weighted by Crippen LogP contribution is 2.22. The Bertz CT molecular complexity index is 355. The van der Waals surface area contributed by atoms with Crippen molar-refractivity contribution in [3.05, 3.63) is 0 Å². The molecule has 1 aliphatic rings. The minimum Gasteiger partial charge on any atom is -0.396 e. The average Bonchev–Trinajstić information content (AvgIpc) is 2.40. The maximum atomic E-state index is 11.5. The number of hydrogen-bond acceptors (Lipinski definition) is 5. The third-order valence-electron chi connectivity index (χ3n) is 2.41. The van der Waals surface area contributed by atoms with Crippen LogP contribution in [-0.2, 0) is 14.6 Å². The van der Waals surface area contributed by atoms with E-state index in [2.05, 4.69) is 5.32 Å². The summed E-state index contributed by atoms with van der Waals surface area (Å²) in [5.41, 5.74) is -0.615. The first-order chi connectivity index (χ1) is 7.37. The third-order valence-corrected chi connectivity index (χ3v) is 5.25. The Labute approximate surface area is 99.9 Å². The molecule has 2 N–H and O–H groups in total. The van der Waals surface area contributed by atoms with Gasteiger partial charge in [-0.05, 0) is 13.3 Å². The standard InChI is InChI=1S/C9H17NO4S2/c1-9(2-5-16(13,14)7-9)10-8(12)6-15-4-3-11/h11H,2-7H2,1H3,(H,10,12)/t9-/m0/s1. The van der Waals surface area contributed by atoms with Crippen molar-refractivity contribution in [1.82, 2.24) is 5.32 Å². The summed E-state index contributed by atoms with van der Waals surface area (Å²) in [5.74, 6) is 0.779. The van der Waals surface area contributed by atoms with Crippen LogP contribution in [0.3, 0.4) is 0 Å². The number of thioether (sulfide) groups is 1. The number of amides is 1. The minimum atomic E-state index is -2.99. The number of aliphatic hydroxyl groups excluding tert-OH is 1. The quantitative estimate of drug-likeness (QED) is 0.650. The van der Waals surface area contributed by atoms with E-state index in [0.29, 0.717) is 12.2 Å². The van der Waals surface area contributed by atoms with E-state index in [1.54, 1.807) is 6.92 Å². The van der Waals surface area contributed by atoms with Gasteiger partial charge >= 0.3 is 0 Å². The highest BCUT2D eigenvalue weighted by molar-refractivity contribution is 7.99. The fraction of sp³-hybridized carbons (Fsp3) is 0.889. The van der Waals surface area contributed by atoms with Crippen molar-refractivity contribution in [3.63, 3.8) is 0 Å². The van der Waals surface area contributed by atoms with E-state index in [1.807, 2.05) is 0 Å². The van der Waals surface area contributed by atoms with Crippen LogP contribution in [0.4, 0.5) is 0 Å². The van der Waals surface area contributed by atoms with Crippen LogP contribution in [0.2, 0.25) is 0 Å². The van der Waals surface area contributed by atoms with Crippen molar-refractivity contribution >= 4 is 27.5 Å². The summed E-state index contributed by atoms with van der Waals surface area (Å²) >= 11 is 1.33. The monoisotopic (exact) mass is 267 g/mol. The number of carbonyl (C=O) groups excluding carboxylic acids is 1. The molecule has 1 amide bonds. The molecule has 0 saturated carbocycles. The molecule has 0 bridgehead atoms. The summed E-state index contributed by atoms with van der Waals surface area (Å²) < 4.78 is 22.6. The Hall–Kier alpha value is -0.270. The zero-order valence-corrected chi connectivity index (χ0v) is 10.9. The van der Waals surface area contributed by atoms with Crippen molar-refractivity contribution in [2.24, 2.45) is 0 Å². The molecule has 1 saturated heterocycles. The van der Waals surface area contributed by atoms with Crippen LogP contribution in [0.5, 0.6) is 0 Å². The van der Waals surface area contributed by atoms with Crippen molar-refractivity contribution in [3.8, 4) is 0 Å². The Morgan fingerprint density at radius 1 is 1.56 bits per heavy atom. The van der Waals surface area contributed by atoms with Gasteiger partial charge in [-0.3, -0.25) is 4.79 Å². The zero-order valence-electron chi connectivity index (χ0n) is 9.23. The first-order valence-electron chi connectivity index (χ1n) is 5.07. The molecule has 0 aromatic rings. The lowest BCUT2D eigenvalue weighted by atomic mass is 10.0. The molecule has 7 heteroatoms. The average molecular weight is 267 g/mol. The van der Waals surface area contributed by atoms with Gasteiger partial charge in [-0.25, -0.2) is 8.42 Å². The molecule has 0 unspecified atom stereocenters. The lowest BCUT2D eigenvalue weighted by molar-refractivity contribution is -0.120. The van der Waals surface area contributed by atoms with Gasteiger partial charge in [-0.1, -0.05) is 0 Å². The van der Waals surface area contributed by atoms with Crippen molar-refractivity contribution in [2.45, 2.75) is 18.9 Å². The molecule has 1 rings (SSSR count). The molecule has 1 atom stereocenters. The van der Waals surface area contributed by atoms with Crippen molar-refractivity contribution in [1.29, 1.82) is 0 Å². The summed E-state index contributed by atoms with van der Waals surface area (Å²) in [6.45, 7) is 1.80. The fourth-order valence-electron chi connectivity index (χ4n) is 1.71. The van der Waals surface area contributed by atoms with E-state index in [0.717, 1.165) is 0 Å². The molecule has 94 valence electrons. The molecule has 16 heavy (non-hydrogen) atoms. The van der Waals surface area contributed by atoms with E-state index in [9.17, 15) is 13.2 Å². The molecule has 1 fully saturated rings. The molecule has 0 spiro atoms. The molecule has 5 nitrogen and oxygen atoms in total. The van der Waals surface area contributed by atoms with Crippen LogP contribution in [0.1, 0.15) is 13.3 Å². The van der Waals surface area contributed by atoms with Gasteiger partial charge in [0.15, 0.2) is 9.84 Å². The van der Waals surface area contributed by atoms with Crippen molar-refractivity contribution < 1.29 is 18.3 Å². The predicted molar refractivity (Wildman–Crippen MR) is 64.2 cm³/mol. The van der Waals surface area contributed by atoms with E-state index in [4.69, 9.17) is 5.11 Å². The van der Waals surface area contributed by atoms with Crippen LogP contribution in [0, 0.1) is 0 Å². The van der Waals surface area contributed by atoms with Crippen LogP contribution < -0.4 is 5.32 Å². The summed E-state index contributed by atoms with van der Waals surface area (Å²) in [7, 11) is -2.99. The van der Waals surface area contributed by atoms with Gasteiger partial charge in [0.05, 0.1) is 29.4 Å². The van der Waals surface area contributed by atoms with Gasteiger partial charge in [0.1, 0.15) is 0 Å². The van der Waals surface area contributed by atoms with Gasteiger partial charge in [0.25, 0.3) is 0 Å². The first kappa shape index (κ1) is 13.8. The molecular weight excluding hydrogens is 250 g/mol. The van der Waals surface area contributed by atoms with Gasteiger partial charge in [0.2, 0.25) is 5.91 Å². The van der Waals surface area contributed by atoms with Crippen LogP contribution in [0.25, 0.3) is 0 Å². The lowest BCUT2D eigenvalue weighted by Crippen LogP contribution is -2.47. The molecule has 1 heterocycles. The molecule has 0 aliphatic carbocycles. The number of carbonyl (C=O) groups is 1. The van der Waals surface area contributed by atoms with Gasteiger partial charge in [-0.2, -0.15) is 0 Å². The van der Waals surface area contributed by atoms with E-state index < -0.39 is 15.4 Å². The maximum Gasteiger partial charge on any atom is 0.230 e. The second-order valence-corrected chi connectivity index (χ2v) is 7.52. The highest BCUT2D eigenvalue weighted by atomic mass is 32.2. The first-order valence-corrected chi connectivity index (χ1v) is 8.05. The summed E-state index contributed by atoms with van der Waals surface area (Å²) in [6, 6.07) is 0. The number of aliphatic hydroxyl groups is 1. The van der Waals surface area contributed by atoms with Crippen molar-refractivity contribution in [2.75, 3.05) is 29.6 Å². The fourth-order valence-corrected chi connectivity index (χ4v) is 4.34. The Morgan fingerprint density at radius 2 is 2.25 bits per heavy atom. The van der Waals surface area contributed by atoms with E-state index in [-0.39, 0.29) is 29.8 Å².